The van der Waals surface area contributed by atoms with E-state index in [9.17, 15) is 0 Å². The van der Waals surface area contributed by atoms with E-state index in [2.05, 4.69) is 82.0 Å². The largest absolute Gasteiger partial charge is 0.0991 e. The maximum absolute atomic E-state index is 3.70. The summed E-state index contributed by atoms with van der Waals surface area (Å²) < 4.78 is 0. The van der Waals surface area contributed by atoms with E-state index < -0.39 is 0 Å². The Morgan fingerprint density at radius 1 is 0.950 bits per heavy atom. The van der Waals surface area contributed by atoms with Gasteiger partial charge in [0.25, 0.3) is 0 Å². The van der Waals surface area contributed by atoms with Gasteiger partial charge in [0, 0.05) is 0 Å². The molecule has 20 heavy (non-hydrogen) atoms. The van der Waals surface area contributed by atoms with Gasteiger partial charge in [0.1, 0.15) is 0 Å². The molecule has 0 rings (SSSR count). The molecule has 0 aromatic heterocycles. The Bertz CT molecular complexity index is 437. The van der Waals surface area contributed by atoms with Crippen LogP contribution in [0.5, 0.6) is 0 Å². The Balaban J connectivity index is 4.69. The maximum Gasteiger partial charge on any atom is -0.00788 e. The first kappa shape index (κ1) is 18.2. The van der Waals surface area contributed by atoms with Crippen molar-refractivity contribution in [3.63, 3.8) is 0 Å². The zero-order valence-electron chi connectivity index (χ0n) is 13.3. The molecule has 0 fully saturated rings. The highest BCUT2D eigenvalue weighted by Gasteiger charge is 1.94. The Hall–Kier alpha value is -1.82. The Morgan fingerprint density at radius 2 is 1.55 bits per heavy atom. The normalized spacial score (nSPS) is 16.0. The fourth-order valence-electron chi connectivity index (χ4n) is 1.70. The van der Waals surface area contributed by atoms with Gasteiger partial charge in [-0.2, -0.15) is 0 Å². The molecule has 0 amide bonds. The highest BCUT2D eigenvalue weighted by atomic mass is 14.0. The van der Waals surface area contributed by atoms with Crippen molar-refractivity contribution in [3.05, 3.63) is 84.6 Å². The lowest BCUT2D eigenvalue weighted by Gasteiger charge is -2.01. The second-order valence-corrected chi connectivity index (χ2v) is 4.52. The minimum Gasteiger partial charge on any atom is -0.0991 e. The van der Waals surface area contributed by atoms with Crippen LogP contribution in [-0.2, 0) is 0 Å². The molecule has 0 heterocycles. The van der Waals surface area contributed by atoms with Crippen molar-refractivity contribution in [2.24, 2.45) is 5.92 Å². The van der Waals surface area contributed by atoms with Crippen molar-refractivity contribution >= 4 is 0 Å². The van der Waals surface area contributed by atoms with Crippen LogP contribution in [0.1, 0.15) is 34.1 Å². The third-order valence-corrected chi connectivity index (χ3v) is 2.84. The van der Waals surface area contributed by atoms with Crippen molar-refractivity contribution in [3.8, 4) is 0 Å². The molecule has 0 aliphatic rings. The smallest absolute Gasteiger partial charge is 0.00788 e. The minimum absolute atomic E-state index is 0.482. The minimum atomic E-state index is 0.482. The molecular weight excluding hydrogens is 240 g/mol. The van der Waals surface area contributed by atoms with Gasteiger partial charge in [-0.3, -0.25) is 0 Å². The number of rotatable bonds is 8. The van der Waals surface area contributed by atoms with Crippen LogP contribution in [-0.4, -0.2) is 0 Å². The molecule has 0 heteroatoms. The summed E-state index contributed by atoms with van der Waals surface area (Å²) in [6, 6.07) is 0. The lowest BCUT2D eigenvalue weighted by atomic mass is 10.0. The van der Waals surface area contributed by atoms with Crippen molar-refractivity contribution in [1.29, 1.82) is 0 Å². The number of hydrogen-bond donors (Lipinski definition) is 0. The summed E-state index contributed by atoms with van der Waals surface area (Å²) in [5.74, 6) is 0.482. The molecule has 0 aromatic carbocycles. The van der Waals surface area contributed by atoms with Crippen LogP contribution >= 0.6 is 0 Å². The lowest BCUT2D eigenvalue weighted by molar-refractivity contribution is 0.930. The standard InChI is InChI=1S/C20H28/c1-6-10-14-18(5)15-12-13-17-20(9-4)19(8-3)16-11-7-2/h7-18H,2,6H2,1,3-5H3/b14-10-,15-12-,16-11-,17-13-,19-8+,20-9-. The number of hydrogen-bond acceptors (Lipinski definition) is 0. The van der Waals surface area contributed by atoms with Gasteiger partial charge in [0.2, 0.25) is 0 Å². The molecule has 1 unspecified atom stereocenters. The summed E-state index contributed by atoms with van der Waals surface area (Å²) in [6.45, 7) is 12.2. The van der Waals surface area contributed by atoms with Crippen LogP contribution in [0.4, 0.5) is 0 Å². The molecule has 0 aliphatic heterocycles. The highest BCUT2D eigenvalue weighted by Crippen LogP contribution is 2.13. The molecule has 0 radical (unpaired) electrons. The maximum atomic E-state index is 3.70. The van der Waals surface area contributed by atoms with Crippen LogP contribution in [0, 0.1) is 5.92 Å². The summed E-state index contributed by atoms with van der Waals surface area (Å²) in [5.41, 5.74) is 2.42. The molecule has 0 nitrogen and oxygen atoms in total. The van der Waals surface area contributed by atoms with Crippen LogP contribution in [0.25, 0.3) is 0 Å². The van der Waals surface area contributed by atoms with Gasteiger partial charge in [-0.25, -0.2) is 0 Å². The van der Waals surface area contributed by atoms with Gasteiger partial charge in [-0.1, -0.05) is 87.3 Å². The summed E-state index contributed by atoms with van der Waals surface area (Å²) in [4.78, 5) is 0. The Labute approximate surface area is 125 Å². The van der Waals surface area contributed by atoms with Crippen molar-refractivity contribution in [1.82, 2.24) is 0 Å². The average molecular weight is 268 g/mol. The van der Waals surface area contributed by atoms with E-state index in [4.69, 9.17) is 0 Å². The van der Waals surface area contributed by atoms with Crippen molar-refractivity contribution in [2.75, 3.05) is 0 Å². The predicted molar refractivity (Wildman–Crippen MR) is 93.7 cm³/mol. The fraction of sp³-hybridized carbons (Fsp3) is 0.300. The van der Waals surface area contributed by atoms with E-state index in [1.54, 1.807) is 6.08 Å². The zero-order valence-corrected chi connectivity index (χ0v) is 13.3. The molecule has 0 aromatic rings. The van der Waals surface area contributed by atoms with E-state index in [0.717, 1.165) is 6.42 Å². The van der Waals surface area contributed by atoms with Gasteiger partial charge >= 0.3 is 0 Å². The highest BCUT2D eigenvalue weighted by molar-refractivity contribution is 5.47. The van der Waals surface area contributed by atoms with E-state index in [0.29, 0.717) is 5.92 Å². The van der Waals surface area contributed by atoms with Gasteiger partial charge in [0.15, 0.2) is 0 Å². The van der Waals surface area contributed by atoms with Crippen LogP contribution in [0.3, 0.4) is 0 Å². The topological polar surface area (TPSA) is 0 Å². The lowest BCUT2D eigenvalue weighted by Crippen LogP contribution is -1.83. The third kappa shape index (κ3) is 8.31. The molecular formula is C20H28. The molecule has 0 saturated carbocycles. The first-order chi connectivity index (χ1) is 9.69. The van der Waals surface area contributed by atoms with Gasteiger partial charge in [-0.15, -0.1) is 0 Å². The molecule has 0 aliphatic carbocycles. The van der Waals surface area contributed by atoms with Gasteiger partial charge in [-0.05, 0) is 37.3 Å². The number of allylic oxidation sites excluding steroid dienone is 13. The zero-order chi connectivity index (χ0) is 15.2. The summed E-state index contributed by atoms with van der Waals surface area (Å²) in [6.07, 6.45) is 24.1. The first-order valence-corrected chi connectivity index (χ1v) is 7.33. The first-order valence-electron chi connectivity index (χ1n) is 7.33. The predicted octanol–water partition coefficient (Wildman–Crippen LogP) is 6.34. The second-order valence-electron chi connectivity index (χ2n) is 4.52. The summed E-state index contributed by atoms with van der Waals surface area (Å²) >= 11 is 0. The van der Waals surface area contributed by atoms with Gasteiger partial charge < -0.3 is 0 Å². The monoisotopic (exact) mass is 268 g/mol. The summed E-state index contributed by atoms with van der Waals surface area (Å²) in [5, 5.41) is 0. The van der Waals surface area contributed by atoms with E-state index >= 15 is 0 Å². The van der Waals surface area contributed by atoms with Crippen LogP contribution in [0.15, 0.2) is 84.6 Å². The molecule has 0 saturated heterocycles. The molecule has 108 valence electrons. The van der Waals surface area contributed by atoms with E-state index in [-0.39, 0.29) is 0 Å². The molecule has 0 spiro atoms. The molecule has 0 bridgehead atoms. The SMILES string of the molecule is C=C\C=C/C(=C\C)C(/C=C\C=C/C(C)/C=C\CC)=C\C. The van der Waals surface area contributed by atoms with Crippen LogP contribution in [0.2, 0.25) is 0 Å². The van der Waals surface area contributed by atoms with Crippen molar-refractivity contribution < 1.29 is 0 Å². The average Bonchev–Trinajstić information content (AvgIpc) is 2.47. The summed E-state index contributed by atoms with van der Waals surface area (Å²) in [7, 11) is 0. The van der Waals surface area contributed by atoms with E-state index in [1.807, 2.05) is 13.0 Å². The van der Waals surface area contributed by atoms with E-state index in [1.165, 1.54) is 11.1 Å². The Morgan fingerprint density at radius 3 is 2.05 bits per heavy atom. The van der Waals surface area contributed by atoms with Gasteiger partial charge in [0.05, 0.1) is 0 Å². The fourth-order valence-corrected chi connectivity index (χ4v) is 1.70. The van der Waals surface area contributed by atoms with Crippen molar-refractivity contribution in [2.45, 2.75) is 34.1 Å². The quantitative estimate of drug-likeness (QED) is 0.356. The molecule has 0 N–H and O–H groups in total. The Kier molecular flexibility index (Phi) is 11.1. The van der Waals surface area contributed by atoms with Crippen LogP contribution < -0.4 is 0 Å². The third-order valence-electron chi connectivity index (χ3n) is 2.84. The second kappa shape index (κ2) is 12.2. The molecule has 1 atom stereocenters.